The Balaban J connectivity index is 1.47. The standard InChI is InChI=1S/C15H18N2O3/c1-2-4-13-12(3-1)17-14(20-13)19-11-9-15(18-10-11)5-7-16-8-6-15/h1-4,11,16H,5-10H2. The summed E-state index contributed by atoms with van der Waals surface area (Å²) in [5.74, 6) is 0. The van der Waals surface area contributed by atoms with Crippen molar-refractivity contribution in [2.75, 3.05) is 19.7 Å². The fraction of sp³-hybridized carbons (Fsp3) is 0.533. The molecule has 1 unspecified atom stereocenters. The molecule has 0 saturated carbocycles. The third-order valence-corrected chi connectivity index (χ3v) is 4.23. The van der Waals surface area contributed by atoms with Crippen LogP contribution in [0.3, 0.4) is 0 Å². The number of nitrogens with one attached hydrogen (secondary N) is 1. The van der Waals surface area contributed by atoms with Gasteiger partial charge in [0, 0.05) is 6.42 Å². The summed E-state index contributed by atoms with van der Waals surface area (Å²) in [6.07, 6.45) is 3.43. The van der Waals surface area contributed by atoms with Crippen molar-refractivity contribution in [2.24, 2.45) is 0 Å². The molecule has 20 heavy (non-hydrogen) atoms. The Hall–Kier alpha value is -1.59. The van der Waals surface area contributed by atoms with Gasteiger partial charge in [-0.2, -0.15) is 4.98 Å². The van der Waals surface area contributed by atoms with Gasteiger partial charge in [0.15, 0.2) is 5.58 Å². The van der Waals surface area contributed by atoms with Crippen molar-refractivity contribution in [2.45, 2.75) is 31.0 Å². The van der Waals surface area contributed by atoms with E-state index < -0.39 is 0 Å². The van der Waals surface area contributed by atoms with E-state index in [4.69, 9.17) is 13.9 Å². The highest BCUT2D eigenvalue weighted by molar-refractivity contribution is 5.72. The number of nitrogens with zero attached hydrogens (tertiary/aromatic N) is 1. The van der Waals surface area contributed by atoms with Gasteiger partial charge in [0.05, 0.1) is 12.2 Å². The minimum atomic E-state index is 0.00192. The number of rotatable bonds is 2. The van der Waals surface area contributed by atoms with E-state index in [1.165, 1.54) is 0 Å². The highest BCUT2D eigenvalue weighted by Gasteiger charge is 2.42. The van der Waals surface area contributed by atoms with Gasteiger partial charge in [0.2, 0.25) is 0 Å². The van der Waals surface area contributed by atoms with Crippen molar-refractivity contribution in [1.82, 2.24) is 10.3 Å². The van der Waals surface area contributed by atoms with Crippen LogP contribution in [0, 0.1) is 0 Å². The fourth-order valence-electron chi connectivity index (χ4n) is 3.15. The second-order valence-electron chi connectivity index (χ2n) is 5.64. The molecule has 1 aromatic heterocycles. The Morgan fingerprint density at radius 1 is 1.25 bits per heavy atom. The Morgan fingerprint density at radius 3 is 2.95 bits per heavy atom. The van der Waals surface area contributed by atoms with Crippen LogP contribution in [0.2, 0.25) is 0 Å². The predicted octanol–water partition coefficient (Wildman–Crippen LogP) is 2.12. The van der Waals surface area contributed by atoms with Crippen molar-refractivity contribution >= 4 is 11.1 Å². The molecule has 1 N–H and O–H groups in total. The molecule has 4 rings (SSSR count). The number of hydrogen-bond acceptors (Lipinski definition) is 5. The van der Waals surface area contributed by atoms with Crippen LogP contribution in [0.25, 0.3) is 11.1 Å². The minimum absolute atomic E-state index is 0.00192. The summed E-state index contributed by atoms with van der Waals surface area (Å²) in [7, 11) is 0. The van der Waals surface area contributed by atoms with Crippen molar-refractivity contribution in [3.05, 3.63) is 24.3 Å². The van der Waals surface area contributed by atoms with Crippen LogP contribution in [0.5, 0.6) is 6.08 Å². The number of hydrogen-bond donors (Lipinski definition) is 1. The SMILES string of the molecule is c1ccc2oc(OC3COC4(CCNCC4)C3)nc2c1. The van der Waals surface area contributed by atoms with Gasteiger partial charge in [-0.1, -0.05) is 12.1 Å². The Morgan fingerprint density at radius 2 is 2.10 bits per heavy atom. The number of piperidine rings is 1. The molecule has 2 saturated heterocycles. The summed E-state index contributed by atoms with van der Waals surface area (Å²) in [5, 5.41) is 3.37. The third kappa shape index (κ3) is 2.17. The van der Waals surface area contributed by atoms with Crippen LogP contribution in [-0.2, 0) is 4.74 Å². The number of aromatic nitrogens is 1. The van der Waals surface area contributed by atoms with Gasteiger partial charge in [0.25, 0.3) is 0 Å². The van der Waals surface area contributed by atoms with E-state index in [1.54, 1.807) is 0 Å². The molecule has 0 amide bonds. The second kappa shape index (κ2) is 4.75. The summed E-state index contributed by atoms with van der Waals surface area (Å²) in [6, 6.07) is 7.69. The molecule has 2 aromatic rings. The molecule has 0 aliphatic carbocycles. The summed E-state index contributed by atoms with van der Waals surface area (Å²) >= 11 is 0. The van der Waals surface area contributed by atoms with Gasteiger partial charge in [0.1, 0.15) is 11.6 Å². The molecule has 2 aliphatic rings. The molecular formula is C15H18N2O3. The van der Waals surface area contributed by atoms with E-state index in [1.807, 2.05) is 24.3 Å². The fourth-order valence-corrected chi connectivity index (χ4v) is 3.15. The maximum absolute atomic E-state index is 6.01. The van der Waals surface area contributed by atoms with Crippen molar-refractivity contribution in [3.63, 3.8) is 0 Å². The normalized spacial score (nSPS) is 25.3. The van der Waals surface area contributed by atoms with Crippen molar-refractivity contribution in [3.8, 4) is 6.08 Å². The highest BCUT2D eigenvalue weighted by Crippen LogP contribution is 2.35. The summed E-state index contributed by atoms with van der Waals surface area (Å²) in [5.41, 5.74) is 1.60. The zero-order valence-corrected chi connectivity index (χ0v) is 11.3. The summed E-state index contributed by atoms with van der Waals surface area (Å²) < 4.78 is 17.5. The maximum Gasteiger partial charge on any atom is 0.395 e. The molecular weight excluding hydrogens is 256 g/mol. The lowest BCUT2D eigenvalue weighted by Crippen LogP contribution is -2.41. The van der Waals surface area contributed by atoms with Gasteiger partial charge in [-0.25, -0.2) is 0 Å². The molecule has 2 fully saturated rings. The van der Waals surface area contributed by atoms with Gasteiger partial charge >= 0.3 is 6.08 Å². The van der Waals surface area contributed by atoms with Gasteiger partial charge in [-0.05, 0) is 38.1 Å². The largest absolute Gasteiger partial charge is 0.444 e. The van der Waals surface area contributed by atoms with Gasteiger partial charge in [-0.15, -0.1) is 0 Å². The lowest BCUT2D eigenvalue weighted by Gasteiger charge is -2.32. The maximum atomic E-state index is 6.01. The lowest BCUT2D eigenvalue weighted by molar-refractivity contribution is -0.0208. The molecule has 1 aromatic carbocycles. The average molecular weight is 274 g/mol. The zero-order valence-electron chi connectivity index (χ0n) is 11.3. The summed E-state index contributed by atoms with van der Waals surface area (Å²) in [6.45, 7) is 2.67. The topological polar surface area (TPSA) is 56.5 Å². The molecule has 1 atom stereocenters. The molecule has 106 valence electrons. The van der Waals surface area contributed by atoms with E-state index >= 15 is 0 Å². The van der Waals surface area contributed by atoms with E-state index in [-0.39, 0.29) is 11.7 Å². The van der Waals surface area contributed by atoms with Crippen molar-refractivity contribution < 1.29 is 13.9 Å². The average Bonchev–Trinajstić information content (AvgIpc) is 3.04. The van der Waals surface area contributed by atoms with Gasteiger partial charge < -0.3 is 19.2 Å². The van der Waals surface area contributed by atoms with Crippen LogP contribution < -0.4 is 10.1 Å². The Kier molecular flexibility index (Phi) is 2.89. The molecule has 3 heterocycles. The molecule has 0 radical (unpaired) electrons. The summed E-state index contributed by atoms with van der Waals surface area (Å²) in [4.78, 5) is 4.35. The first-order valence-electron chi connectivity index (χ1n) is 7.20. The van der Waals surface area contributed by atoms with Gasteiger partial charge in [-0.3, -0.25) is 0 Å². The predicted molar refractivity (Wildman–Crippen MR) is 73.8 cm³/mol. The third-order valence-electron chi connectivity index (χ3n) is 4.23. The Bertz CT molecular complexity index is 571. The minimum Gasteiger partial charge on any atom is -0.444 e. The first-order chi connectivity index (χ1) is 9.83. The molecule has 2 aliphatic heterocycles. The van der Waals surface area contributed by atoms with Crippen LogP contribution in [0.1, 0.15) is 19.3 Å². The number of oxazole rings is 1. The van der Waals surface area contributed by atoms with Crippen LogP contribution in [-0.4, -0.2) is 36.4 Å². The van der Waals surface area contributed by atoms with Crippen LogP contribution in [0.4, 0.5) is 0 Å². The Labute approximate surface area is 117 Å². The molecule has 5 nitrogen and oxygen atoms in total. The second-order valence-corrected chi connectivity index (χ2v) is 5.64. The lowest BCUT2D eigenvalue weighted by atomic mass is 9.89. The van der Waals surface area contributed by atoms with E-state index in [2.05, 4.69) is 10.3 Å². The van der Waals surface area contributed by atoms with E-state index in [9.17, 15) is 0 Å². The van der Waals surface area contributed by atoms with Crippen LogP contribution in [0.15, 0.2) is 28.7 Å². The smallest absolute Gasteiger partial charge is 0.395 e. The number of para-hydroxylation sites is 2. The molecule has 5 heteroatoms. The highest BCUT2D eigenvalue weighted by atomic mass is 16.6. The van der Waals surface area contributed by atoms with Crippen LogP contribution >= 0.6 is 0 Å². The van der Waals surface area contributed by atoms with Crippen molar-refractivity contribution in [1.29, 1.82) is 0 Å². The zero-order chi connectivity index (χ0) is 13.4. The monoisotopic (exact) mass is 274 g/mol. The molecule has 0 bridgehead atoms. The number of benzene rings is 1. The quantitative estimate of drug-likeness (QED) is 0.909. The van der Waals surface area contributed by atoms with E-state index in [0.29, 0.717) is 12.7 Å². The number of fused-ring (bicyclic) bond motifs is 1. The first kappa shape index (κ1) is 12.2. The van der Waals surface area contributed by atoms with E-state index in [0.717, 1.165) is 43.5 Å². The first-order valence-corrected chi connectivity index (χ1v) is 7.20. The molecule has 1 spiro atoms. The number of ether oxygens (including phenoxy) is 2.